The number of anilines is 2. The number of rotatable bonds is 5. The summed E-state index contributed by atoms with van der Waals surface area (Å²) in [6, 6.07) is 5.47. The minimum atomic E-state index is -0.405. The maximum Gasteiger partial charge on any atom is 0.340 e. The molecule has 1 heterocycles. The molecular weight excluding hydrogens is 256 g/mol. The summed E-state index contributed by atoms with van der Waals surface area (Å²) in [4.78, 5) is 13.9. The molecule has 0 bridgehead atoms. The van der Waals surface area contributed by atoms with Crippen molar-refractivity contribution in [3.05, 3.63) is 23.8 Å². The Bertz CT molecular complexity index is 470. The molecule has 1 saturated heterocycles. The van der Waals surface area contributed by atoms with Crippen LogP contribution in [0.25, 0.3) is 0 Å². The quantitative estimate of drug-likeness (QED) is 0.659. The van der Waals surface area contributed by atoms with Crippen LogP contribution in [-0.2, 0) is 9.47 Å². The predicted molar refractivity (Wildman–Crippen MR) is 79.1 cm³/mol. The van der Waals surface area contributed by atoms with Crippen molar-refractivity contribution in [2.45, 2.75) is 25.9 Å². The van der Waals surface area contributed by atoms with E-state index in [1.807, 2.05) is 6.07 Å². The molecule has 0 saturated carbocycles. The highest BCUT2D eigenvalue weighted by atomic mass is 16.5. The molecule has 1 aliphatic heterocycles. The van der Waals surface area contributed by atoms with Crippen molar-refractivity contribution in [3.63, 3.8) is 0 Å². The van der Waals surface area contributed by atoms with E-state index in [-0.39, 0.29) is 6.10 Å². The number of nitrogen functional groups attached to an aromatic ring is 1. The fraction of sp³-hybridized carbons (Fsp3) is 0.533. The molecule has 1 unspecified atom stereocenters. The van der Waals surface area contributed by atoms with Crippen LogP contribution in [-0.4, -0.2) is 38.9 Å². The van der Waals surface area contributed by atoms with Gasteiger partial charge in [0.2, 0.25) is 0 Å². The molecule has 1 aromatic rings. The van der Waals surface area contributed by atoms with Gasteiger partial charge < -0.3 is 20.1 Å². The summed E-state index contributed by atoms with van der Waals surface area (Å²) in [6.07, 6.45) is 2.49. The van der Waals surface area contributed by atoms with Crippen LogP contribution in [0, 0.1) is 0 Å². The Labute approximate surface area is 119 Å². The average molecular weight is 278 g/mol. The minimum absolute atomic E-state index is 0.272. The number of benzene rings is 1. The number of methoxy groups -OCH3 is 1. The minimum Gasteiger partial charge on any atom is -0.465 e. The summed E-state index contributed by atoms with van der Waals surface area (Å²) < 4.78 is 10.4. The van der Waals surface area contributed by atoms with Crippen LogP contribution in [0.5, 0.6) is 0 Å². The van der Waals surface area contributed by atoms with Crippen molar-refractivity contribution in [1.82, 2.24) is 0 Å². The van der Waals surface area contributed by atoms with Crippen LogP contribution >= 0.6 is 0 Å². The second-order valence-electron chi connectivity index (χ2n) is 4.94. The van der Waals surface area contributed by atoms with Crippen molar-refractivity contribution in [3.8, 4) is 0 Å². The van der Waals surface area contributed by atoms with E-state index in [4.69, 9.17) is 15.2 Å². The summed E-state index contributed by atoms with van der Waals surface area (Å²) in [7, 11) is 1.36. The molecule has 2 rings (SSSR count). The first kappa shape index (κ1) is 14.7. The Morgan fingerprint density at radius 3 is 2.95 bits per heavy atom. The molecule has 0 aromatic heterocycles. The van der Waals surface area contributed by atoms with E-state index in [0.29, 0.717) is 11.3 Å². The number of carbonyl (C=O) groups excluding carboxylic acids is 1. The van der Waals surface area contributed by atoms with E-state index in [9.17, 15) is 4.79 Å². The number of nitrogens with two attached hydrogens (primary N) is 1. The molecule has 20 heavy (non-hydrogen) atoms. The summed E-state index contributed by atoms with van der Waals surface area (Å²) in [6.45, 7) is 4.62. The topological polar surface area (TPSA) is 64.8 Å². The van der Waals surface area contributed by atoms with Gasteiger partial charge in [0, 0.05) is 31.1 Å². The van der Waals surface area contributed by atoms with Crippen LogP contribution in [0.4, 0.5) is 11.4 Å². The lowest BCUT2D eigenvalue weighted by atomic mass is 10.1. The first-order valence-corrected chi connectivity index (χ1v) is 7.00. The number of hydrogen-bond acceptors (Lipinski definition) is 5. The van der Waals surface area contributed by atoms with Crippen LogP contribution < -0.4 is 10.6 Å². The highest BCUT2D eigenvalue weighted by Gasteiger charge is 2.20. The maximum atomic E-state index is 11.7. The monoisotopic (exact) mass is 278 g/mol. The van der Waals surface area contributed by atoms with Crippen LogP contribution in [0.1, 0.15) is 30.1 Å². The summed E-state index contributed by atoms with van der Waals surface area (Å²) in [5.74, 6) is -0.405. The van der Waals surface area contributed by atoms with Gasteiger partial charge in [-0.3, -0.25) is 0 Å². The molecule has 0 radical (unpaired) electrons. The fourth-order valence-electron chi connectivity index (χ4n) is 2.48. The number of nitrogens with zero attached hydrogens (tertiary/aromatic N) is 1. The molecular formula is C15H22N2O3. The van der Waals surface area contributed by atoms with Crippen molar-refractivity contribution < 1.29 is 14.3 Å². The van der Waals surface area contributed by atoms with Gasteiger partial charge in [0.1, 0.15) is 0 Å². The van der Waals surface area contributed by atoms with Crippen LogP contribution in [0.3, 0.4) is 0 Å². The first-order valence-electron chi connectivity index (χ1n) is 7.00. The fourth-order valence-corrected chi connectivity index (χ4v) is 2.48. The van der Waals surface area contributed by atoms with Gasteiger partial charge in [-0.1, -0.05) is 0 Å². The zero-order valence-corrected chi connectivity index (χ0v) is 12.1. The van der Waals surface area contributed by atoms with E-state index < -0.39 is 5.97 Å². The van der Waals surface area contributed by atoms with Crippen LogP contribution in [0.2, 0.25) is 0 Å². The van der Waals surface area contributed by atoms with Crippen molar-refractivity contribution >= 4 is 17.3 Å². The van der Waals surface area contributed by atoms with E-state index >= 15 is 0 Å². The second kappa shape index (κ2) is 6.61. The third-order valence-electron chi connectivity index (χ3n) is 3.64. The number of hydrogen-bond donors (Lipinski definition) is 1. The van der Waals surface area contributed by atoms with Crippen LogP contribution in [0.15, 0.2) is 18.2 Å². The molecule has 110 valence electrons. The van der Waals surface area contributed by atoms with Gasteiger partial charge in [0.15, 0.2) is 0 Å². The first-order chi connectivity index (χ1) is 9.65. The molecule has 1 fully saturated rings. The molecule has 1 aliphatic rings. The predicted octanol–water partition coefficient (Wildman–Crippen LogP) is 2.06. The molecule has 0 aliphatic carbocycles. The largest absolute Gasteiger partial charge is 0.465 e. The molecule has 1 atom stereocenters. The Morgan fingerprint density at radius 1 is 1.55 bits per heavy atom. The lowest BCUT2D eigenvalue weighted by molar-refractivity contribution is 0.0602. The molecule has 1 aromatic carbocycles. The normalized spacial score (nSPS) is 18.0. The highest BCUT2D eigenvalue weighted by molar-refractivity contribution is 5.96. The number of carbonyl (C=O) groups is 1. The Hall–Kier alpha value is -1.75. The molecule has 0 spiro atoms. The zero-order chi connectivity index (χ0) is 14.5. The van der Waals surface area contributed by atoms with Crippen molar-refractivity contribution in [2.75, 3.05) is 37.4 Å². The standard InChI is InChI=1S/C15H22N2O3/c1-3-17(10-12-5-4-8-20-12)11-6-7-14(16)13(9-11)15(18)19-2/h6-7,9,12H,3-5,8,10,16H2,1-2H3. The van der Waals surface area contributed by atoms with Gasteiger partial charge in [-0.05, 0) is 38.0 Å². The van der Waals surface area contributed by atoms with Gasteiger partial charge in [-0.25, -0.2) is 4.79 Å². The average Bonchev–Trinajstić information content (AvgIpc) is 2.97. The Kier molecular flexibility index (Phi) is 4.84. The summed E-state index contributed by atoms with van der Waals surface area (Å²) >= 11 is 0. The van der Waals surface area contributed by atoms with Crippen molar-refractivity contribution in [1.29, 1.82) is 0 Å². The highest BCUT2D eigenvalue weighted by Crippen LogP contribution is 2.24. The van der Waals surface area contributed by atoms with Crippen molar-refractivity contribution in [2.24, 2.45) is 0 Å². The maximum absolute atomic E-state index is 11.7. The molecule has 2 N–H and O–H groups in total. The second-order valence-corrected chi connectivity index (χ2v) is 4.94. The van der Waals surface area contributed by atoms with Gasteiger partial charge in [0.25, 0.3) is 0 Å². The van der Waals surface area contributed by atoms with E-state index in [0.717, 1.165) is 38.2 Å². The van der Waals surface area contributed by atoms with Gasteiger partial charge in [0.05, 0.1) is 18.8 Å². The lowest BCUT2D eigenvalue weighted by Gasteiger charge is -2.26. The summed E-state index contributed by atoms with van der Waals surface area (Å²) in [5.41, 5.74) is 7.65. The zero-order valence-electron chi connectivity index (χ0n) is 12.1. The molecule has 0 amide bonds. The SMILES string of the molecule is CCN(CC1CCCO1)c1ccc(N)c(C(=O)OC)c1. The van der Waals surface area contributed by atoms with E-state index in [1.165, 1.54) is 7.11 Å². The van der Waals surface area contributed by atoms with Gasteiger partial charge >= 0.3 is 5.97 Å². The number of ether oxygens (including phenoxy) is 2. The van der Waals surface area contributed by atoms with E-state index in [1.54, 1.807) is 12.1 Å². The number of esters is 1. The molecule has 5 heteroatoms. The molecule has 5 nitrogen and oxygen atoms in total. The Balaban J connectivity index is 2.18. The van der Waals surface area contributed by atoms with Gasteiger partial charge in [-0.2, -0.15) is 0 Å². The number of likely N-dealkylation sites (N-methyl/N-ethyl adjacent to an activating group) is 1. The third kappa shape index (κ3) is 3.22. The van der Waals surface area contributed by atoms with E-state index in [2.05, 4.69) is 11.8 Å². The van der Waals surface area contributed by atoms with Gasteiger partial charge in [-0.15, -0.1) is 0 Å². The lowest BCUT2D eigenvalue weighted by Crippen LogP contribution is -2.32. The third-order valence-corrected chi connectivity index (χ3v) is 3.64. The smallest absolute Gasteiger partial charge is 0.340 e. The Morgan fingerprint density at radius 2 is 2.35 bits per heavy atom. The summed E-state index contributed by atoms with van der Waals surface area (Å²) in [5, 5.41) is 0.